The summed E-state index contributed by atoms with van der Waals surface area (Å²) in [5, 5.41) is 8.11. The van der Waals surface area contributed by atoms with E-state index in [1.165, 1.54) is 23.3 Å². The third kappa shape index (κ3) is 5.22. The quantitative estimate of drug-likeness (QED) is 0.745. The van der Waals surface area contributed by atoms with E-state index in [1.54, 1.807) is 18.4 Å². The number of methoxy groups -OCH3 is 1. The molecule has 1 aromatic carbocycles. The van der Waals surface area contributed by atoms with E-state index in [2.05, 4.69) is 33.0 Å². The van der Waals surface area contributed by atoms with Crippen molar-refractivity contribution in [3.8, 4) is 5.75 Å². The van der Waals surface area contributed by atoms with Crippen molar-refractivity contribution in [2.45, 2.75) is 25.3 Å². The second-order valence-corrected chi connectivity index (χ2v) is 7.49. The monoisotopic (exact) mass is 373 g/mol. The number of hydrogen-bond donors (Lipinski definition) is 2. The minimum Gasteiger partial charge on any atom is -0.497 e. The Kier molecular flexibility index (Phi) is 6.91. The van der Waals surface area contributed by atoms with Crippen molar-refractivity contribution in [1.82, 2.24) is 15.5 Å². The summed E-state index contributed by atoms with van der Waals surface area (Å²) in [5.74, 6) is 0.848. The maximum Gasteiger partial charge on any atom is 0.314 e. The molecule has 1 unspecified atom stereocenters. The van der Waals surface area contributed by atoms with Gasteiger partial charge in [-0.3, -0.25) is 4.90 Å². The van der Waals surface area contributed by atoms with Crippen LogP contribution in [0.3, 0.4) is 0 Å². The second kappa shape index (κ2) is 9.59. The molecule has 2 amide bonds. The van der Waals surface area contributed by atoms with Crippen molar-refractivity contribution in [2.75, 3.05) is 33.3 Å². The van der Waals surface area contributed by atoms with Gasteiger partial charge < -0.3 is 15.4 Å². The number of nitrogens with zero attached hydrogens (tertiary/aromatic N) is 1. The SMILES string of the molecule is COc1ccc(CCNC(=O)NCC(c2cccs2)N2CCCC2)cc1. The Morgan fingerprint density at radius 2 is 1.96 bits per heavy atom. The van der Waals surface area contributed by atoms with Crippen LogP contribution in [-0.4, -0.2) is 44.2 Å². The van der Waals surface area contributed by atoms with Gasteiger partial charge in [0.05, 0.1) is 13.2 Å². The molecule has 2 N–H and O–H groups in total. The van der Waals surface area contributed by atoms with Crippen molar-refractivity contribution in [3.05, 3.63) is 52.2 Å². The van der Waals surface area contributed by atoms with Crippen molar-refractivity contribution >= 4 is 17.4 Å². The molecule has 26 heavy (non-hydrogen) atoms. The zero-order chi connectivity index (χ0) is 18.2. The fraction of sp³-hybridized carbons (Fsp3) is 0.450. The third-order valence-electron chi connectivity index (χ3n) is 4.77. The summed E-state index contributed by atoms with van der Waals surface area (Å²) in [7, 11) is 1.66. The van der Waals surface area contributed by atoms with Gasteiger partial charge in [-0.1, -0.05) is 18.2 Å². The minimum absolute atomic E-state index is 0.0979. The number of likely N-dealkylation sites (tertiary alicyclic amines) is 1. The highest BCUT2D eigenvalue weighted by Gasteiger charge is 2.24. The predicted octanol–water partition coefficient (Wildman–Crippen LogP) is 3.44. The van der Waals surface area contributed by atoms with Crippen molar-refractivity contribution in [1.29, 1.82) is 0 Å². The van der Waals surface area contributed by atoms with Crippen LogP contribution in [0.1, 0.15) is 29.3 Å². The Balaban J connectivity index is 1.43. The van der Waals surface area contributed by atoms with Crippen LogP contribution in [0.4, 0.5) is 4.79 Å². The lowest BCUT2D eigenvalue weighted by molar-refractivity contribution is 0.222. The van der Waals surface area contributed by atoms with Gasteiger partial charge in [-0.05, 0) is 61.5 Å². The van der Waals surface area contributed by atoms with E-state index in [0.717, 1.165) is 25.3 Å². The summed E-state index contributed by atoms with van der Waals surface area (Å²) in [5.41, 5.74) is 1.18. The number of thiophene rings is 1. The zero-order valence-electron chi connectivity index (χ0n) is 15.2. The van der Waals surface area contributed by atoms with Gasteiger partial charge in [-0.2, -0.15) is 0 Å². The van der Waals surface area contributed by atoms with Crippen molar-refractivity contribution < 1.29 is 9.53 Å². The summed E-state index contributed by atoms with van der Waals surface area (Å²) in [6.45, 7) is 3.49. The van der Waals surface area contributed by atoms with Crippen LogP contribution in [0.25, 0.3) is 0 Å². The molecule has 1 fully saturated rings. The number of nitrogens with one attached hydrogen (secondary N) is 2. The van der Waals surface area contributed by atoms with Crippen LogP contribution >= 0.6 is 11.3 Å². The van der Waals surface area contributed by atoms with E-state index in [1.807, 2.05) is 24.3 Å². The second-order valence-electron chi connectivity index (χ2n) is 6.51. The van der Waals surface area contributed by atoms with Gasteiger partial charge in [0.2, 0.25) is 0 Å². The fourth-order valence-electron chi connectivity index (χ4n) is 3.31. The molecule has 140 valence electrons. The molecule has 1 atom stereocenters. The van der Waals surface area contributed by atoms with Crippen LogP contribution in [0, 0.1) is 0 Å². The van der Waals surface area contributed by atoms with Crippen LogP contribution in [-0.2, 0) is 6.42 Å². The Bertz CT molecular complexity index is 667. The molecule has 2 aromatic rings. The number of hydrogen-bond acceptors (Lipinski definition) is 4. The summed E-state index contributed by atoms with van der Waals surface area (Å²) >= 11 is 1.76. The van der Waals surface area contributed by atoms with E-state index >= 15 is 0 Å². The lowest BCUT2D eigenvalue weighted by Gasteiger charge is -2.26. The molecular formula is C20H27N3O2S. The highest BCUT2D eigenvalue weighted by atomic mass is 32.1. The predicted molar refractivity (Wildman–Crippen MR) is 106 cm³/mol. The van der Waals surface area contributed by atoms with Gasteiger partial charge in [0.25, 0.3) is 0 Å². The third-order valence-corrected chi connectivity index (χ3v) is 5.74. The summed E-state index contributed by atoms with van der Waals surface area (Å²) < 4.78 is 5.16. The molecule has 1 aliphatic rings. The topological polar surface area (TPSA) is 53.6 Å². The number of rotatable bonds is 8. The Labute approximate surface area is 159 Å². The van der Waals surface area contributed by atoms with E-state index < -0.39 is 0 Å². The van der Waals surface area contributed by atoms with Crippen LogP contribution in [0.15, 0.2) is 41.8 Å². The Morgan fingerprint density at radius 1 is 1.19 bits per heavy atom. The van der Waals surface area contributed by atoms with Gasteiger partial charge in [-0.25, -0.2) is 4.79 Å². The summed E-state index contributed by atoms with van der Waals surface area (Å²) in [6, 6.07) is 12.4. The molecule has 6 heteroatoms. The fourth-order valence-corrected chi connectivity index (χ4v) is 4.17. The molecule has 1 aromatic heterocycles. The van der Waals surface area contributed by atoms with E-state index in [4.69, 9.17) is 4.74 Å². The Morgan fingerprint density at radius 3 is 2.62 bits per heavy atom. The normalized spacial score (nSPS) is 15.6. The number of ether oxygens (including phenoxy) is 1. The minimum atomic E-state index is -0.0979. The summed E-state index contributed by atoms with van der Waals surface area (Å²) in [4.78, 5) is 16.0. The Hall–Kier alpha value is -2.05. The molecule has 1 aliphatic heterocycles. The van der Waals surface area contributed by atoms with Gasteiger partial charge >= 0.3 is 6.03 Å². The standard InChI is InChI=1S/C20H27N3O2S/c1-25-17-8-6-16(7-9-17)10-11-21-20(24)22-15-18(19-5-4-14-26-19)23-12-2-3-13-23/h4-9,14,18H,2-3,10-13,15H2,1H3,(H2,21,22,24). The largest absolute Gasteiger partial charge is 0.497 e. The molecule has 0 spiro atoms. The first-order valence-corrected chi connectivity index (χ1v) is 10.1. The molecule has 2 heterocycles. The van der Waals surface area contributed by atoms with Gasteiger partial charge in [0.1, 0.15) is 5.75 Å². The first kappa shape index (κ1) is 18.7. The number of urea groups is 1. The smallest absolute Gasteiger partial charge is 0.314 e. The maximum absolute atomic E-state index is 12.2. The van der Waals surface area contributed by atoms with Crippen LogP contribution in [0.2, 0.25) is 0 Å². The molecular weight excluding hydrogens is 346 g/mol. The van der Waals surface area contributed by atoms with Crippen LogP contribution in [0.5, 0.6) is 5.75 Å². The van der Waals surface area contributed by atoms with Crippen molar-refractivity contribution in [2.24, 2.45) is 0 Å². The zero-order valence-corrected chi connectivity index (χ0v) is 16.1. The highest BCUT2D eigenvalue weighted by Crippen LogP contribution is 2.27. The molecule has 5 nitrogen and oxygen atoms in total. The van der Waals surface area contributed by atoms with Crippen molar-refractivity contribution in [3.63, 3.8) is 0 Å². The van der Waals surface area contributed by atoms with Gasteiger partial charge in [0.15, 0.2) is 0 Å². The molecule has 1 saturated heterocycles. The molecule has 0 saturated carbocycles. The first-order valence-electron chi connectivity index (χ1n) is 9.18. The average molecular weight is 374 g/mol. The highest BCUT2D eigenvalue weighted by molar-refractivity contribution is 7.10. The van der Waals surface area contributed by atoms with E-state index in [-0.39, 0.29) is 12.1 Å². The molecule has 0 bridgehead atoms. The lowest BCUT2D eigenvalue weighted by Crippen LogP contribution is -2.41. The maximum atomic E-state index is 12.2. The number of carbonyl (C=O) groups excluding carboxylic acids is 1. The molecule has 0 aliphatic carbocycles. The number of amides is 2. The molecule has 0 radical (unpaired) electrons. The molecule has 3 rings (SSSR count). The summed E-state index contributed by atoms with van der Waals surface area (Å²) in [6.07, 6.45) is 3.30. The van der Waals surface area contributed by atoms with E-state index in [9.17, 15) is 4.79 Å². The van der Waals surface area contributed by atoms with Gasteiger partial charge in [0, 0.05) is 18.0 Å². The van der Waals surface area contributed by atoms with Crippen LogP contribution < -0.4 is 15.4 Å². The number of benzene rings is 1. The lowest BCUT2D eigenvalue weighted by atomic mass is 10.1. The van der Waals surface area contributed by atoms with E-state index in [0.29, 0.717) is 13.1 Å². The number of carbonyl (C=O) groups is 1. The first-order chi connectivity index (χ1) is 12.8. The van der Waals surface area contributed by atoms with Gasteiger partial charge in [-0.15, -0.1) is 11.3 Å². The average Bonchev–Trinajstić information content (AvgIpc) is 3.37.